The predicted molar refractivity (Wildman–Crippen MR) is 82.4 cm³/mol. The van der Waals surface area contributed by atoms with E-state index in [-0.39, 0.29) is 11.7 Å². The van der Waals surface area contributed by atoms with Gasteiger partial charge in [0.15, 0.2) is 0 Å². The minimum atomic E-state index is -0.468. The molecular formula is C17H23FN2O. The van der Waals surface area contributed by atoms with Crippen molar-refractivity contribution in [1.29, 1.82) is 0 Å². The van der Waals surface area contributed by atoms with Crippen LogP contribution in [0.15, 0.2) is 35.9 Å². The second-order valence-electron chi connectivity index (χ2n) is 5.75. The van der Waals surface area contributed by atoms with E-state index in [0.717, 1.165) is 12.8 Å². The molecule has 1 aromatic rings. The number of halogens is 1. The summed E-state index contributed by atoms with van der Waals surface area (Å²) in [5, 5.41) is 2.98. The molecule has 0 radical (unpaired) electrons. The second-order valence-corrected chi connectivity index (χ2v) is 5.75. The molecule has 2 rings (SSSR count). The third kappa shape index (κ3) is 4.39. The van der Waals surface area contributed by atoms with Crippen LogP contribution in [0.4, 0.5) is 4.39 Å². The monoisotopic (exact) mass is 290 g/mol. The lowest BCUT2D eigenvalue weighted by atomic mass is 9.99. The smallest absolute Gasteiger partial charge is 0.242 e. The van der Waals surface area contributed by atoms with Crippen LogP contribution in [0, 0.1) is 5.82 Å². The average molecular weight is 290 g/mol. The van der Waals surface area contributed by atoms with Crippen LogP contribution in [0.25, 0.3) is 0 Å². The van der Waals surface area contributed by atoms with Crippen LogP contribution in [-0.4, -0.2) is 31.4 Å². The van der Waals surface area contributed by atoms with E-state index in [0.29, 0.717) is 12.1 Å². The Bertz CT molecular complexity index is 525. The van der Waals surface area contributed by atoms with Crippen molar-refractivity contribution >= 4 is 5.91 Å². The SMILES string of the molecule is CN(C)[C@@H](C(=O)NCC1=CCCCC1)c1cccc(F)c1. The number of likely N-dealkylation sites (N-methyl/N-ethyl adjacent to an activating group) is 1. The Balaban J connectivity index is 2.04. The van der Waals surface area contributed by atoms with Crippen molar-refractivity contribution < 1.29 is 9.18 Å². The number of benzene rings is 1. The van der Waals surface area contributed by atoms with Crippen LogP contribution in [0.3, 0.4) is 0 Å². The molecular weight excluding hydrogens is 267 g/mol. The Morgan fingerprint density at radius 2 is 2.19 bits per heavy atom. The number of hydrogen-bond acceptors (Lipinski definition) is 2. The number of rotatable bonds is 5. The zero-order valence-corrected chi connectivity index (χ0v) is 12.7. The molecule has 0 unspecified atom stereocenters. The highest BCUT2D eigenvalue weighted by molar-refractivity contribution is 5.83. The molecule has 114 valence electrons. The Kier molecular flexibility index (Phi) is 5.51. The standard InChI is InChI=1S/C17H23FN2O/c1-20(2)16(14-9-6-10-15(18)11-14)17(21)19-12-13-7-4-3-5-8-13/h6-7,9-11,16H,3-5,8,12H2,1-2H3,(H,19,21)/t16-/m1/s1. The van der Waals surface area contributed by atoms with Gasteiger partial charge in [-0.15, -0.1) is 0 Å². The van der Waals surface area contributed by atoms with Crippen LogP contribution < -0.4 is 5.32 Å². The third-order valence-corrected chi connectivity index (χ3v) is 3.80. The molecule has 1 atom stereocenters. The summed E-state index contributed by atoms with van der Waals surface area (Å²) in [6.07, 6.45) is 6.82. The molecule has 21 heavy (non-hydrogen) atoms. The molecule has 0 bridgehead atoms. The predicted octanol–water partition coefficient (Wildman–Crippen LogP) is 3.05. The lowest BCUT2D eigenvalue weighted by molar-refractivity contribution is -0.125. The lowest BCUT2D eigenvalue weighted by Gasteiger charge is -2.24. The molecule has 4 heteroatoms. The van der Waals surface area contributed by atoms with E-state index in [1.807, 2.05) is 14.1 Å². The summed E-state index contributed by atoms with van der Waals surface area (Å²) in [7, 11) is 3.66. The molecule has 0 aliphatic heterocycles. The maximum atomic E-state index is 13.4. The third-order valence-electron chi connectivity index (χ3n) is 3.80. The maximum Gasteiger partial charge on any atom is 0.242 e. The number of hydrogen-bond donors (Lipinski definition) is 1. The first-order valence-corrected chi connectivity index (χ1v) is 7.45. The van der Waals surface area contributed by atoms with Gasteiger partial charge in [-0.3, -0.25) is 9.69 Å². The fraction of sp³-hybridized carbons (Fsp3) is 0.471. The maximum absolute atomic E-state index is 13.4. The number of allylic oxidation sites excluding steroid dienone is 1. The first-order valence-electron chi connectivity index (χ1n) is 7.45. The molecule has 0 fully saturated rings. The molecule has 1 aliphatic rings. The minimum Gasteiger partial charge on any atom is -0.351 e. The van der Waals surface area contributed by atoms with Gasteiger partial charge in [-0.2, -0.15) is 0 Å². The van der Waals surface area contributed by atoms with Gasteiger partial charge < -0.3 is 5.32 Å². The molecule has 1 aliphatic carbocycles. The van der Waals surface area contributed by atoms with E-state index in [1.54, 1.807) is 17.0 Å². The van der Waals surface area contributed by atoms with Gasteiger partial charge in [0.05, 0.1) is 0 Å². The van der Waals surface area contributed by atoms with Crippen LogP contribution in [0.1, 0.15) is 37.3 Å². The van der Waals surface area contributed by atoms with Crippen molar-refractivity contribution in [3.63, 3.8) is 0 Å². The molecule has 0 spiro atoms. The van der Waals surface area contributed by atoms with E-state index in [4.69, 9.17) is 0 Å². The largest absolute Gasteiger partial charge is 0.351 e. The summed E-state index contributed by atoms with van der Waals surface area (Å²) < 4.78 is 13.4. The van der Waals surface area contributed by atoms with Gasteiger partial charge in [-0.25, -0.2) is 4.39 Å². The number of carbonyl (C=O) groups is 1. The first-order chi connectivity index (χ1) is 10.1. The molecule has 1 N–H and O–H groups in total. The van der Waals surface area contributed by atoms with Crippen molar-refractivity contribution in [2.24, 2.45) is 0 Å². The van der Waals surface area contributed by atoms with Crippen molar-refractivity contribution in [2.45, 2.75) is 31.7 Å². The number of carbonyl (C=O) groups excluding carboxylic acids is 1. The van der Waals surface area contributed by atoms with E-state index in [9.17, 15) is 9.18 Å². The fourth-order valence-corrected chi connectivity index (χ4v) is 2.72. The van der Waals surface area contributed by atoms with Crippen molar-refractivity contribution in [1.82, 2.24) is 10.2 Å². The average Bonchev–Trinajstić information content (AvgIpc) is 2.46. The van der Waals surface area contributed by atoms with Crippen molar-refractivity contribution in [3.8, 4) is 0 Å². The Morgan fingerprint density at radius 1 is 1.38 bits per heavy atom. The lowest BCUT2D eigenvalue weighted by Crippen LogP contribution is -2.38. The van der Waals surface area contributed by atoms with Gasteiger partial charge in [-0.1, -0.05) is 23.8 Å². The molecule has 0 heterocycles. The summed E-state index contributed by atoms with van der Waals surface area (Å²) in [6.45, 7) is 0.596. The quantitative estimate of drug-likeness (QED) is 0.845. The van der Waals surface area contributed by atoms with E-state index in [1.165, 1.54) is 30.5 Å². The minimum absolute atomic E-state index is 0.0860. The topological polar surface area (TPSA) is 32.3 Å². The van der Waals surface area contributed by atoms with Crippen LogP contribution in [0.5, 0.6) is 0 Å². The highest BCUT2D eigenvalue weighted by atomic mass is 19.1. The molecule has 1 amide bonds. The van der Waals surface area contributed by atoms with Gasteiger partial charge >= 0.3 is 0 Å². The summed E-state index contributed by atoms with van der Waals surface area (Å²) in [6, 6.07) is 5.76. The summed E-state index contributed by atoms with van der Waals surface area (Å²) in [5.41, 5.74) is 1.97. The Morgan fingerprint density at radius 3 is 2.81 bits per heavy atom. The van der Waals surface area contributed by atoms with Crippen LogP contribution >= 0.6 is 0 Å². The summed E-state index contributed by atoms with van der Waals surface area (Å²) in [4.78, 5) is 14.2. The van der Waals surface area contributed by atoms with Crippen molar-refractivity contribution in [3.05, 3.63) is 47.3 Å². The van der Waals surface area contributed by atoms with Gasteiger partial charge in [0.2, 0.25) is 5.91 Å². The van der Waals surface area contributed by atoms with Gasteiger partial charge in [0, 0.05) is 6.54 Å². The highest BCUT2D eigenvalue weighted by Crippen LogP contribution is 2.20. The molecule has 0 saturated carbocycles. The van der Waals surface area contributed by atoms with Crippen molar-refractivity contribution in [2.75, 3.05) is 20.6 Å². The van der Waals surface area contributed by atoms with Crippen LogP contribution in [-0.2, 0) is 4.79 Å². The zero-order chi connectivity index (χ0) is 15.2. The normalized spacial score (nSPS) is 16.5. The molecule has 3 nitrogen and oxygen atoms in total. The zero-order valence-electron chi connectivity index (χ0n) is 12.7. The molecule has 0 saturated heterocycles. The molecule has 0 aromatic heterocycles. The van der Waals surface area contributed by atoms with E-state index in [2.05, 4.69) is 11.4 Å². The molecule has 1 aromatic carbocycles. The van der Waals surface area contributed by atoms with Gasteiger partial charge in [0.1, 0.15) is 11.9 Å². The second kappa shape index (κ2) is 7.36. The fourth-order valence-electron chi connectivity index (χ4n) is 2.72. The highest BCUT2D eigenvalue weighted by Gasteiger charge is 2.23. The number of amides is 1. The number of nitrogens with zero attached hydrogens (tertiary/aromatic N) is 1. The Hall–Kier alpha value is -1.68. The summed E-state index contributed by atoms with van der Waals surface area (Å²) in [5.74, 6) is -0.404. The van der Waals surface area contributed by atoms with Crippen LogP contribution in [0.2, 0.25) is 0 Å². The van der Waals surface area contributed by atoms with Gasteiger partial charge in [0.25, 0.3) is 0 Å². The number of nitrogens with one attached hydrogen (secondary N) is 1. The Labute approximate surface area is 125 Å². The van der Waals surface area contributed by atoms with Gasteiger partial charge in [-0.05, 0) is 57.5 Å². The van der Waals surface area contributed by atoms with E-state index >= 15 is 0 Å². The summed E-state index contributed by atoms with van der Waals surface area (Å²) >= 11 is 0. The van der Waals surface area contributed by atoms with E-state index < -0.39 is 6.04 Å². The first kappa shape index (κ1) is 15.7.